The SMILES string of the molecule is Cc1ccc(OC(C)(C)C(=O)Cn2c(O)ccc2O)c([N+](=O)[O-])c1. The smallest absolute Gasteiger partial charge is 0.311 e. The summed E-state index contributed by atoms with van der Waals surface area (Å²) in [6.07, 6.45) is 0. The summed E-state index contributed by atoms with van der Waals surface area (Å²) in [5, 5.41) is 30.4. The van der Waals surface area contributed by atoms with E-state index in [2.05, 4.69) is 0 Å². The molecule has 0 atom stereocenters. The monoisotopic (exact) mass is 334 g/mol. The summed E-state index contributed by atoms with van der Waals surface area (Å²) in [6.45, 7) is 4.31. The number of hydrogen-bond donors (Lipinski definition) is 2. The maximum absolute atomic E-state index is 12.5. The zero-order chi connectivity index (χ0) is 18.1. The molecule has 1 heterocycles. The second kappa shape index (κ2) is 6.23. The Morgan fingerprint density at radius 2 is 1.83 bits per heavy atom. The third-order valence-electron chi connectivity index (χ3n) is 3.58. The molecule has 2 N–H and O–H groups in total. The van der Waals surface area contributed by atoms with E-state index in [0.29, 0.717) is 5.56 Å². The van der Waals surface area contributed by atoms with Crippen molar-refractivity contribution in [2.75, 3.05) is 0 Å². The Kier molecular flexibility index (Phi) is 4.50. The van der Waals surface area contributed by atoms with Crippen molar-refractivity contribution in [1.29, 1.82) is 0 Å². The summed E-state index contributed by atoms with van der Waals surface area (Å²) in [5.41, 5.74) is -0.939. The summed E-state index contributed by atoms with van der Waals surface area (Å²) in [5.74, 6) is -1.03. The van der Waals surface area contributed by atoms with Gasteiger partial charge in [0, 0.05) is 18.2 Å². The van der Waals surface area contributed by atoms with E-state index in [1.54, 1.807) is 13.0 Å². The highest BCUT2D eigenvalue weighted by atomic mass is 16.6. The Morgan fingerprint density at radius 3 is 2.38 bits per heavy atom. The number of rotatable bonds is 6. The number of aromatic nitrogens is 1. The summed E-state index contributed by atoms with van der Waals surface area (Å²) in [4.78, 5) is 23.0. The number of Topliss-reactive ketones (excluding diaryl/α,β-unsaturated/α-hetero) is 1. The lowest BCUT2D eigenvalue weighted by Crippen LogP contribution is -2.40. The third kappa shape index (κ3) is 3.48. The molecule has 0 aliphatic carbocycles. The molecular formula is C16H18N2O6. The van der Waals surface area contributed by atoms with Crippen LogP contribution in [0.4, 0.5) is 5.69 Å². The van der Waals surface area contributed by atoms with Crippen molar-refractivity contribution >= 4 is 11.5 Å². The molecule has 0 aliphatic rings. The van der Waals surface area contributed by atoms with E-state index in [4.69, 9.17) is 4.74 Å². The van der Waals surface area contributed by atoms with Crippen molar-refractivity contribution in [3.8, 4) is 17.5 Å². The van der Waals surface area contributed by atoms with Crippen molar-refractivity contribution in [3.63, 3.8) is 0 Å². The van der Waals surface area contributed by atoms with Gasteiger partial charge in [0.05, 0.1) is 11.5 Å². The second-order valence-electron chi connectivity index (χ2n) is 5.90. The molecule has 1 aromatic heterocycles. The molecule has 8 heteroatoms. The van der Waals surface area contributed by atoms with Crippen LogP contribution in [0.25, 0.3) is 0 Å². The predicted molar refractivity (Wildman–Crippen MR) is 85.3 cm³/mol. The highest BCUT2D eigenvalue weighted by Crippen LogP contribution is 2.32. The molecule has 0 unspecified atom stereocenters. The van der Waals surface area contributed by atoms with Gasteiger partial charge < -0.3 is 14.9 Å². The number of carbonyl (C=O) groups excluding carboxylic acids is 1. The molecule has 0 saturated carbocycles. The Hall–Kier alpha value is -3.03. The van der Waals surface area contributed by atoms with Crippen molar-refractivity contribution in [2.24, 2.45) is 0 Å². The number of carbonyl (C=O) groups is 1. The molecule has 0 amide bonds. The highest BCUT2D eigenvalue weighted by Gasteiger charge is 2.33. The Morgan fingerprint density at radius 1 is 1.25 bits per heavy atom. The maximum atomic E-state index is 12.5. The number of hydrogen-bond acceptors (Lipinski definition) is 6. The molecule has 0 saturated heterocycles. The van der Waals surface area contributed by atoms with Crippen LogP contribution in [0.2, 0.25) is 0 Å². The minimum Gasteiger partial charge on any atom is -0.494 e. The first-order chi connectivity index (χ1) is 11.1. The van der Waals surface area contributed by atoms with Gasteiger partial charge in [-0.3, -0.25) is 19.5 Å². The van der Waals surface area contributed by atoms with Gasteiger partial charge in [-0.2, -0.15) is 0 Å². The quantitative estimate of drug-likeness (QED) is 0.619. The summed E-state index contributed by atoms with van der Waals surface area (Å²) in [7, 11) is 0. The van der Waals surface area contributed by atoms with E-state index >= 15 is 0 Å². The van der Waals surface area contributed by atoms with Crippen LogP contribution in [0.15, 0.2) is 30.3 Å². The summed E-state index contributed by atoms with van der Waals surface area (Å²) in [6, 6.07) is 6.95. The lowest BCUT2D eigenvalue weighted by Gasteiger charge is -2.25. The normalized spacial score (nSPS) is 11.3. The number of ketones is 1. The number of nitrogens with zero attached hydrogens (tertiary/aromatic N) is 2. The standard InChI is InChI=1S/C16H18N2O6/c1-10-4-5-12(11(8-10)18(22)23)24-16(2,3)13(19)9-17-14(20)6-7-15(17)21/h4-8,20-21H,9H2,1-3H3. The van der Waals surface area contributed by atoms with E-state index in [-0.39, 0.29) is 29.7 Å². The van der Waals surface area contributed by atoms with E-state index in [1.807, 2.05) is 0 Å². The third-order valence-corrected chi connectivity index (χ3v) is 3.58. The van der Waals surface area contributed by atoms with Gasteiger partial charge in [0.15, 0.2) is 28.9 Å². The van der Waals surface area contributed by atoms with Gasteiger partial charge in [0.1, 0.15) is 0 Å². The van der Waals surface area contributed by atoms with Crippen LogP contribution >= 0.6 is 0 Å². The number of nitro groups is 1. The van der Waals surface area contributed by atoms with Gasteiger partial charge in [0.2, 0.25) is 0 Å². The average Bonchev–Trinajstić information content (AvgIpc) is 2.80. The van der Waals surface area contributed by atoms with E-state index in [1.165, 1.54) is 38.1 Å². The van der Waals surface area contributed by atoms with Crippen LogP contribution in [0.5, 0.6) is 17.5 Å². The van der Waals surface area contributed by atoms with Crippen LogP contribution in [-0.2, 0) is 11.3 Å². The molecule has 2 rings (SSSR count). The number of aryl methyl sites for hydroxylation is 1. The zero-order valence-corrected chi connectivity index (χ0v) is 13.5. The van der Waals surface area contributed by atoms with E-state index < -0.39 is 16.3 Å². The fourth-order valence-corrected chi connectivity index (χ4v) is 2.13. The fourth-order valence-electron chi connectivity index (χ4n) is 2.13. The molecule has 1 aromatic carbocycles. The fraction of sp³-hybridized carbons (Fsp3) is 0.312. The number of benzene rings is 1. The summed E-state index contributed by atoms with van der Waals surface area (Å²) >= 11 is 0. The van der Waals surface area contributed by atoms with Crippen LogP contribution in [0, 0.1) is 17.0 Å². The van der Waals surface area contributed by atoms with Crippen molar-refractivity contribution in [1.82, 2.24) is 4.57 Å². The van der Waals surface area contributed by atoms with Crippen LogP contribution in [0.1, 0.15) is 19.4 Å². The number of nitro benzene ring substituents is 1. The minimum atomic E-state index is -1.40. The van der Waals surface area contributed by atoms with Crippen LogP contribution in [-0.4, -0.2) is 31.1 Å². The van der Waals surface area contributed by atoms with Crippen LogP contribution < -0.4 is 4.74 Å². The first kappa shape index (κ1) is 17.3. The molecule has 8 nitrogen and oxygen atoms in total. The lowest BCUT2D eigenvalue weighted by atomic mass is 10.0. The molecule has 24 heavy (non-hydrogen) atoms. The van der Waals surface area contributed by atoms with Gasteiger partial charge in [0.25, 0.3) is 0 Å². The lowest BCUT2D eigenvalue weighted by molar-refractivity contribution is -0.386. The van der Waals surface area contributed by atoms with Crippen molar-refractivity contribution < 1.29 is 24.7 Å². The first-order valence-corrected chi connectivity index (χ1v) is 7.16. The van der Waals surface area contributed by atoms with Gasteiger partial charge in [-0.05, 0) is 32.4 Å². The molecule has 0 radical (unpaired) electrons. The maximum Gasteiger partial charge on any atom is 0.311 e. The minimum absolute atomic E-state index is 0.0232. The first-order valence-electron chi connectivity index (χ1n) is 7.16. The Labute approximate surface area is 138 Å². The predicted octanol–water partition coefficient (Wildman–Crippen LogP) is 2.54. The Bertz CT molecular complexity index is 774. The number of aromatic hydroxyl groups is 2. The van der Waals surface area contributed by atoms with Gasteiger partial charge >= 0.3 is 5.69 Å². The van der Waals surface area contributed by atoms with Gasteiger partial charge in [-0.1, -0.05) is 6.07 Å². The average molecular weight is 334 g/mol. The molecular weight excluding hydrogens is 316 g/mol. The van der Waals surface area contributed by atoms with Crippen molar-refractivity contribution in [2.45, 2.75) is 32.9 Å². The molecule has 0 spiro atoms. The van der Waals surface area contributed by atoms with Crippen molar-refractivity contribution in [3.05, 3.63) is 46.0 Å². The second-order valence-corrected chi connectivity index (χ2v) is 5.90. The zero-order valence-electron chi connectivity index (χ0n) is 13.5. The molecule has 0 aliphatic heterocycles. The van der Waals surface area contributed by atoms with Gasteiger partial charge in [-0.25, -0.2) is 0 Å². The summed E-state index contributed by atoms with van der Waals surface area (Å²) < 4.78 is 6.58. The van der Waals surface area contributed by atoms with Crippen LogP contribution in [0.3, 0.4) is 0 Å². The molecule has 2 aromatic rings. The largest absolute Gasteiger partial charge is 0.494 e. The molecule has 128 valence electrons. The number of ether oxygens (including phenoxy) is 1. The van der Waals surface area contributed by atoms with E-state index in [0.717, 1.165) is 4.57 Å². The van der Waals surface area contributed by atoms with Gasteiger partial charge in [-0.15, -0.1) is 0 Å². The van der Waals surface area contributed by atoms with E-state index in [9.17, 15) is 25.1 Å². The highest BCUT2D eigenvalue weighted by molar-refractivity contribution is 5.87. The molecule has 0 fully saturated rings. The Balaban J connectivity index is 2.25. The molecule has 0 bridgehead atoms. The topological polar surface area (TPSA) is 115 Å².